The highest BCUT2D eigenvalue weighted by atomic mass is 19.1. The van der Waals surface area contributed by atoms with E-state index in [1.807, 2.05) is 6.92 Å². The van der Waals surface area contributed by atoms with Crippen molar-refractivity contribution in [2.45, 2.75) is 25.5 Å². The van der Waals surface area contributed by atoms with Gasteiger partial charge in [-0.15, -0.1) is 0 Å². The van der Waals surface area contributed by atoms with Gasteiger partial charge in [0.15, 0.2) is 0 Å². The molecule has 0 aliphatic heterocycles. The van der Waals surface area contributed by atoms with Crippen LogP contribution >= 0.6 is 0 Å². The van der Waals surface area contributed by atoms with E-state index in [1.54, 1.807) is 12.1 Å². The number of hydrogen-bond acceptors (Lipinski definition) is 2. The van der Waals surface area contributed by atoms with Crippen molar-refractivity contribution in [3.63, 3.8) is 0 Å². The molecule has 0 unspecified atom stereocenters. The molecule has 1 aromatic carbocycles. The zero-order chi connectivity index (χ0) is 10.0. The van der Waals surface area contributed by atoms with Crippen LogP contribution in [0.1, 0.15) is 19.8 Å². The Balaban J connectivity index is 2.00. The number of anilines is 1. The summed E-state index contributed by atoms with van der Waals surface area (Å²) < 4.78 is 18.2. The molecule has 0 saturated heterocycles. The molecule has 1 aliphatic carbocycles. The second-order valence-electron chi connectivity index (χ2n) is 3.56. The number of halogens is 1. The van der Waals surface area contributed by atoms with Crippen LogP contribution in [-0.2, 0) is 4.74 Å². The molecule has 0 aromatic heterocycles. The highest BCUT2D eigenvalue weighted by Crippen LogP contribution is 2.39. The molecule has 76 valence electrons. The normalized spacial score (nSPS) is 17.9. The van der Waals surface area contributed by atoms with Gasteiger partial charge in [0.2, 0.25) is 0 Å². The molecule has 1 saturated carbocycles. The molecule has 0 bridgehead atoms. The number of nitrogens with one attached hydrogen (secondary N) is 1. The van der Waals surface area contributed by atoms with Gasteiger partial charge in [0.1, 0.15) is 11.5 Å². The van der Waals surface area contributed by atoms with Crippen molar-refractivity contribution in [2.75, 3.05) is 11.9 Å². The molecule has 0 spiro atoms. The molecule has 14 heavy (non-hydrogen) atoms. The summed E-state index contributed by atoms with van der Waals surface area (Å²) in [6, 6.07) is 6.36. The zero-order valence-corrected chi connectivity index (χ0v) is 8.22. The predicted octanol–water partition coefficient (Wildman–Crippen LogP) is 2.76. The first kappa shape index (κ1) is 9.46. The first-order valence-electron chi connectivity index (χ1n) is 4.92. The Bertz CT molecular complexity index is 306. The second kappa shape index (κ2) is 3.58. The summed E-state index contributed by atoms with van der Waals surface area (Å²) >= 11 is 0. The van der Waals surface area contributed by atoms with Gasteiger partial charge in [-0.3, -0.25) is 0 Å². The highest BCUT2D eigenvalue weighted by molar-refractivity contribution is 5.46. The van der Waals surface area contributed by atoms with E-state index in [9.17, 15) is 4.39 Å². The van der Waals surface area contributed by atoms with Crippen molar-refractivity contribution in [3.05, 3.63) is 30.1 Å². The fraction of sp³-hybridized carbons (Fsp3) is 0.455. The van der Waals surface area contributed by atoms with Gasteiger partial charge in [-0.2, -0.15) is 0 Å². The van der Waals surface area contributed by atoms with E-state index in [4.69, 9.17) is 4.74 Å². The molecule has 2 nitrogen and oxygen atoms in total. The molecule has 3 heteroatoms. The fourth-order valence-electron chi connectivity index (χ4n) is 1.49. The lowest BCUT2D eigenvalue weighted by Crippen LogP contribution is -2.24. The van der Waals surface area contributed by atoms with E-state index in [2.05, 4.69) is 5.32 Å². The molecule has 1 fully saturated rings. The molecule has 0 heterocycles. The standard InChI is InChI=1S/C11H14FNO/c1-2-14-11(7-8-11)13-10-5-3-9(12)4-6-10/h3-6,13H,2,7-8H2,1H3. The van der Waals surface area contributed by atoms with Crippen LogP contribution in [0.15, 0.2) is 24.3 Å². The Labute approximate surface area is 83.1 Å². The lowest BCUT2D eigenvalue weighted by Gasteiger charge is -2.18. The minimum absolute atomic E-state index is 0.174. The molecule has 0 atom stereocenters. The molecular formula is C11H14FNO. The highest BCUT2D eigenvalue weighted by Gasteiger charge is 2.43. The Morgan fingerprint density at radius 1 is 1.36 bits per heavy atom. The molecule has 0 radical (unpaired) electrons. The summed E-state index contributed by atoms with van der Waals surface area (Å²) in [7, 11) is 0. The maximum Gasteiger partial charge on any atom is 0.139 e. The van der Waals surface area contributed by atoms with Gasteiger partial charge in [-0.25, -0.2) is 4.39 Å². The van der Waals surface area contributed by atoms with Crippen LogP contribution < -0.4 is 5.32 Å². The van der Waals surface area contributed by atoms with Gasteiger partial charge in [0.25, 0.3) is 0 Å². The van der Waals surface area contributed by atoms with Gasteiger partial charge in [-0.05, 0) is 44.0 Å². The molecular weight excluding hydrogens is 181 g/mol. The summed E-state index contributed by atoms with van der Waals surface area (Å²) in [5, 5.41) is 3.27. The van der Waals surface area contributed by atoms with E-state index in [1.165, 1.54) is 12.1 Å². The Kier molecular flexibility index (Phi) is 2.42. The molecule has 1 N–H and O–H groups in total. The van der Waals surface area contributed by atoms with Gasteiger partial charge >= 0.3 is 0 Å². The van der Waals surface area contributed by atoms with Crippen LogP contribution in [0.2, 0.25) is 0 Å². The zero-order valence-electron chi connectivity index (χ0n) is 8.22. The Morgan fingerprint density at radius 2 is 2.00 bits per heavy atom. The predicted molar refractivity (Wildman–Crippen MR) is 53.6 cm³/mol. The fourth-order valence-corrected chi connectivity index (χ4v) is 1.49. The minimum Gasteiger partial charge on any atom is -0.358 e. The number of ether oxygens (including phenoxy) is 1. The van der Waals surface area contributed by atoms with Crippen LogP contribution in [0.4, 0.5) is 10.1 Å². The number of hydrogen-bond donors (Lipinski definition) is 1. The maximum absolute atomic E-state index is 12.6. The van der Waals surface area contributed by atoms with E-state index in [0.717, 1.165) is 18.5 Å². The average molecular weight is 195 g/mol. The van der Waals surface area contributed by atoms with Crippen molar-refractivity contribution < 1.29 is 9.13 Å². The van der Waals surface area contributed by atoms with Crippen LogP contribution in [-0.4, -0.2) is 12.3 Å². The smallest absolute Gasteiger partial charge is 0.139 e. The number of benzene rings is 1. The van der Waals surface area contributed by atoms with Gasteiger partial charge in [-0.1, -0.05) is 0 Å². The van der Waals surface area contributed by atoms with Gasteiger partial charge < -0.3 is 10.1 Å². The maximum atomic E-state index is 12.6. The van der Waals surface area contributed by atoms with Crippen LogP contribution in [0.5, 0.6) is 0 Å². The van der Waals surface area contributed by atoms with Crippen molar-refractivity contribution in [1.29, 1.82) is 0 Å². The summed E-state index contributed by atoms with van der Waals surface area (Å²) in [4.78, 5) is 0. The minimum atomic E-state index is -0.211. The third-order valence-electron chi connectivity index (χ3n) is 2.34. The van der Waals surface area contributed by atoms with E-state index in [0.29, 0.717) is 6.61 Å². The monoisotopic (exact) mass is 195 g/mol. The van der Waals surface area contributed by atoms with E-state index >= 15 is 0 Å². The van der Waals surface area contributed by atoms with Gasteiger partial charge in [0.05, 0.1) is 0 Å². The van der Waals surface area contributed by atoms with Crippen molar-refractivity contribution in [3.8, 4) is 0 Å². The summed E-state index contributed by atoms with van der Waals surface area (Å²) in [5.74, 6) is -0.211. The van der Waals surface area contributed by atoms with E-state index in [-0.39, 0.29) is 11.5 Å². The SMILES string of the molecule is CCOC1(Nc2ccc(F)cc2)CC1. The largest absolute Gasteiger partial charge is 0.358 e. The summed E-state index contributed by atoms with van der Waals surface area (Å²) in [6.45, 7) is 2.68. The average Bonchev–Trinajstić information content (AvgIpc) is 2.90. The first-order chi connectivity index (χ1) is 6.74. The third-order valence-corrected chi connectivity index (χ3v) is 2.34. The summed E-state index contributed by atoms with van der Waals surface area (Å²) in [5.41, 5.74) is 0.740. The molecule has 1 aliphatic rings. The quantitative estimate of drug-likeness (QED) is 0.746. The molecule has 2 rings (SSSR count). The topological polar surface area (TPSA) is 21.3 Å². The Hall–Kier alpha value is -1.09. The van der Waals surface area contributed by atoms with E-state index < -0.39 is 0 Å². The van der Waals surface area contributed by atoms with Crippen molar-refractivity contribution >= 4 is 5.69 Å². The third kappa shape index (κ3) is 2.04. The molecule has 0 amide bonds. The lowest BCUT2D eigenvalue weighted by molar-refractivity contribution is 0.0632. The summed E-state index contributed by atoms with van der Waals surface area (Å²) in [6.07, 6.45) is 2.05. The van der Waals surface area contributed by atoms with Gasteiger partial charge in [0, 0.05) is 12.3 Å². The van der Waals surface area contributed by atoms with Crippen LogP contribution in [0.25, 0.3) is 0 Å². The lowest BCUT2D eigenvalue weighted by atomic mass is 10.3. The first-order valence-corrected chi connectivity index (χ1v) is 4.92. The second-order valence-corrected chi connectivity index (χ2v) is 3.56. The molecule has 1 aromatic rings. The van der Waals surface area contributed by atoms with Crippen molar-refractivity contribution in [1.82, 2.24) is 0 Å². The van der Waals surface area contributed by atoms with Crippen molar-refractivity contribution in [2.24, 2.45) is 0 Å². The Morgan fingerprint density at radius 3 is 2.50 bits per heavy atom. The number of rotatable bonds is 4. The van der Waals surface area contributed by atoms with Crippen LogP contribution in [0, 0.1) is 5.82 Å². The van der Waals surface area contributed by atoms with Crippen LogP contribution in [0.3, 0.4) is 0 Å².